The van der Waals surface area contributed by atoms with Gasteiger partial charge in [-0.25, -0.2) is 0 Å². The monoisotopic (exact) mass is 285 g/mol. The molecule has 0 radical (unpaired) electrons. The zero-order valence-electron chi connectivity index (χ0n) is 9.55. The first-order valence-corrected chi connectivity index (χ1v) is 5.74. The molecular weight excluding hydrogens is 270 g/mol. The van der Waals surface area contributed by atoms with E-state index in [0.29, 0.717) is 13.2 Å². The van der Waals surface area contributed by atoms with Gasteiger partial charge in [-0.3, -0.25) is 0 Å². The third kappa shape index (κ3) is 4.35. The van der Waals surface area contributed by atoms with Crippen LogP contribution < -0.4 is 10.2 Å². The zero-order valence-corrected chi connectivity index (χ0v) is 11.1. The lowest BCUT2D eigenvalue weighted by atomic mass is 10.2. The van der Waals surface area contributed by atoms with Gasteiger partial charge in [-0.1, -0.05) is 12.6 Å². The van der Waals surface area contributed by atoms with Gasteiger partial charge in [0.2, 0.25) is 0 Å². The molecular formula is C12H16BrNO2. The van der Waals surface area contributed by atoms with Gasteiger partial charge in [0.05, 0.1) is 11.6 Å². The van der Waals surface area contributed by atoms with E-state index >= 15 is 0 Å². The zero-order chi connectivity index (χ0) is 12.0. The van der Waals surface area contributed by atoms with E-state index in [4.69, 9.17) is 9.57 Å². The third-order valence-corrected chi connectivity index (χ3v) is 2.51. The summed E-state index contributed by atoms with van der Waals surface area (Å²) in [7, 11) is 1.60. The maximum atomic E-state index is 5.56. The predicted octanol–water partition coefficient (Wildman–Crippen LogP) is 3.06. The molecule has 0 unspecified atom stereocenters. The highest BCUT2D eigenvalue weighted by Crippen LogP contribution is 2.26. The number of halogens is 1. The topological polar surface area (TPSA) is 30.5 Å². The van der Waals surface area contributed by atoms with Crippen LogP contribution in [-0.2, 0) is 11.4 Å². The van der Waals surface area contributed by atoms with E-state index in [0.717, 1.165) is 21.4 Å². The molecule has 4 heteroatoms. The Morgan fingerprint density at radius 1 is 1.50 bits per heavy atom. The van der Waals surface area contributed by atoms with Crippen molar-refractivity contribution < 1.29 is 9.57 Å². The second-order valence-electron chi connectivity index (χ2n) is 3.54. The van der Waals surface area contributed by atoms with Crippen LogP contribution in [0.3, 0.4) is 0 Å². The van der Waals surface area contributed by atoms with Crippen molar-refractivity contribution in [1.29, 1.82) is 0 Å². The van der Waals surface area contributed by atoms with E-state index in [1.807, 2.05) is 25.1 Å². The van der Waals surface area contributed by atoms with Crippen LogP contribution in [0, 0.1) is 0 Å². The van der Waals surface area contributed by atoms with Crippen LogP contribution in [0.25, 0.3) is 0 Å². The van der Waals surface area contributed by atoms with Gasteiger partial charge in [0.25, 0.3) is 0 Å². The van der Waals surface area contributed by atoms with E-state index in [1.165, 1.54) is 0 Å². The van der Waals surface area contributed by atoms with E-state index in [-0.39, 0.29) is 0 Å². The summed E-state index contributed by atoms with van der Waals surface area (Å²) in [5, 5.41) is 0. The molecule has 0 aliphatic heterocycles. The van der Waals surface area contributed by atoms with Gasteiger partial charge in [0.15, 0.2) is 0 Å². The lowest BCUT2D eigenvalue weighted by Crippen LogP contribution is -2.10. The molecule has 1 aromatic carbocycles. The number of rotatable bonds is 6. The van der Waals surface area contributed by atoms with E-state index < -0.39 is 0 Å². The van der Waals surface area contributed by atoms with Crippen LogP contribution in [0.5, 0.6) is 5.75 Å². The molecule has 3 nitrogen and oxygen atoms in total. The Hall–Kier alpha value is -0.840. The minimum Gasteiger partial charge on any atom is -0.488 e. The maximum absolute atomic E-state index is 5.56. The fourth-order valence-corrected chi connectivity index (χ4v) is 1.67. The minimum absolute atomic E-state index is 0.536. The van der Waals surface area contributed by atoms with Crippen LogP contribution in [0.1, 0.15) is 12.5 Å². The Morgan fingerprint density at radius 2 is 2.25 bits per heavy atom. The van der Waals surface area contributed by atoms with Gasteiger partial charge in [-0.15, -0.1) is 0 Å². The van der Waals surface area contributed by atoms with Crippen molar-refractivity contribution in [2.75, 3.05) is 13.7 Å². The molecule has 0 amide bonds. The van der Waals surface area contributed by atoms with Gasteiger partial charge < -0.3 is 9.57 Å². The summed E-state index contributed by atoms with van der Waals surface area (Å²) in [5.41, 5.74) is 4.90. The normalized spacial score (nSPS) is 10.2. The van der Waals surface area contributed by atoms with Crippen molar-refractivity contribution in [3.05, 3.63) is 40.4 Å². The number of hydroxylamine groups is 1. The first-order valence-electron chi connectivity index (χ1n) is 4.95. The lowest BCUT2D eigenvalue weighted by Gasteiger charge is -2.09. The first kappa shape index (κ1) is 13.2. The second kappa shape index (κ2) is 6.68. The summed E-state index contributed by atoms with van der Waals surface area (Å²) in [5.74, 6) is 0.823. The fourth-order valence-electron chi connectivity index (χ4n) is 1.13. The average molecular weight is 286 g/mol. The van der Waals surface area contributed by atoms with Crippen molar-refractivity contribution in [3.63, 3.8) is 0 Å². The SMILES string of the molecule is C=C(C)COc1ccc(CNOC)cc1Br. The molecule has 0 aromatic heterocycles. The van der Waals surface area contributed by atoms with Crippen molar-refractivity contribution in [2.45, 2.75) is 13.5 Å². The Bertz CT molecular complexity index is 366. The number of hydrogen-bond acceptors (Lipinski definition) is 3. The molecule has 1 aromatic rings. The summed E-state index contributed by atoms with van der Waals surface area (Å²) in [6.07, 6.45) is 0. The summed E-state index contributed by atoms with van der Waals surface area (Å²) < 4.78 is 6.49. The van der Waals surface area contributed by atoms with Crippen molar-refractivity contribution in [2.24, 2.45) is 0 Å². The molecule has 0 fully saturated rings. The number of hydrogen-bond donors (Lipinski definition) is 1. The van der Waals surface area contributed by atoms with E-state index in [9.17, 15) is 0 Å². The Labute approximate surface area is 105 Å². The Morgan fingerprint density at radius 3 is 2.81 bits per heavy atom. The Kier molecular flexibility index (Phi) is 5.52. The molecule has 0 saturated carbocycles. The molecule has 0 heterocycles. The summed E-state index contributed by atoms with van der Waals surface area (Å²) in [6.45, 7) is 6.92. The molecule has 0 saturated heterocycles. The quantitative estimate of drug-likeness (QED) is 0.644. The summed E-state index contributed by atoms with van der Waals surface area (Å²) >= 11 is 3.47. The highest BCUT2D eigenvalue weighted by molar-refractivity contribution is 9.10. The van der Waals surface area contributed by atoms with Gasteiger partial charge in [0, 0.05) is 6.54 Å². The standard InChI is InChI=1S/C12H16BrNO2/c1-9(2)8-16-12-5-4-10(6-11(12)13)7-14-15-3/h4-6,14H,1,7-8H2,2-3H3. The van der Waals surface area contributed by atoms with Crippen molar-refractivity contribution in [1.82, 2.24) is 5.48 Å². The van der Waals surface area contributed by atoms with E-state index in [2.05, 4.69) is 28.0 Å². The van der Waals surface area contributed by atoms with Gasteiger partial charge in [0.1, 0.15) is 12.4 Å². The van der Waals surface area contributed by atoms with Crippen LogP contribution in [-0.4, -0.2) is 13.7 Å². The average Bonchev–Trinajstić information content (AvgIpc) is 2.24. The van der Waals surface area contributed by atoms with Crippen molar-refractivity contribution in [3.8, 4) is 5.75 Å². The van der Waals surface area contributed by atoms with Crippen LogP contribution in [0.4, 0.5) is 0 Å². The minimum atomic E-state index is 0.536. The van der Waals surface area contributed by atoms with Gasteiger partial charge in [-0.2, -0.15) is 5.48 Å². The Balaban J connectivity index is 2.63. The number of ether oxygens (including phenoxy) is 1. The maximum Gasteiger partial charge on any atom is 0.133 e. The molecule has 16 heavy (non-hydrogen) atoms. The predicted molar refractivity (Wildman–Crippen MR) is 68.3 cm³/mol. The highest BCUT2D eigenvalue weighted by atomic mass is 79.9. The second-order valence-corrected chi connectivity index (χ2v) is 4.39. The molecule has 1 rings (SSSR count). The molecule has 0 bridgehead atoms. The molecule has 0 aliphatic rings. The summed E-state index contributed by atoms with van der Waals surface area (Å²) in [4.78, 5) is 4.79. The fraction of sp³-hybridized carbons (Fsp3) is 0.333. The van der Waals surface area contributed by atoms with E-state index in [1.54, 1.807) is 7.11 Å². The molecule has 1 N–H and O–H groups in total. The first-order chi connectivity index (χ1) is 7.63. The molecule has 0 aliphatic carbocycles. The van der Waals surface area contributed by atoms with Gasteiger partial charge in [-0.05, 0) is 46.1 Å². The van der Waals surface area contributed by atoms with Gasteiger partial charge >= 0.3 is 0 Å². The summed E-state index contributed by atoms with van der Waals surface area (Å²) in [6, 6.07) is 5.92. The number of benzene rings is 1. The van der Waals surface area contributed by atoms with Crippen LogP contribution >= 0.6 is 15.9 Å². The molecule has 0 spiro atoms. The van der Waals surface area contributed by atoms with Crippen LogP contribution in [0.15, 0.2) is 34.8 Å². The smallest absolute Gasteiger partial charge is 0.133 e. The largest absolute Gasteiger partial charge is 0.488 e. The highest BCUT2D eigenvalue weighted by Gasteiger charge is 2.02. The lowest BCUT2D eigenvalue weighted by molar-refractivity contribution is 0.0867. The number of nitrogens with one attached hydrogen (secondary N) is 1. The molecule has 0 atom stereocenters. The van der Waals surface area contributed by atoms with Crippen LogP contribution in [0.2, 0.25) is 0 Å². The third-order valence-electron chi connectivity index (χ3n) is 1.89. The molecule has 88 valence electrons. The van der Waals surface area contributed by atoms with Crippen molar-refractivity contribution >= 4 is 15.9 Å².